The van der Waals surface area contributed by atoms with Crippen LogP contribution in [0.5, 0.6) is 0 Å². The molecule has 0 spiro atoms. The van der Waals surface area contributed by atoms with E-state index in [1.54, 1.807) is 0 Å². The van der Waals surface area contributed by atoms with Crippen molar-refractivity contribution in [1.29, 1.82) is 0 Å². The van der Waals surface area contributed by atoms with Gasteiger partial charge in [-0.05, 0) is 45.3 Å². The van der Waals surface area contributed by atoms with Gasteiger partial charge in [0.25, 0.3) is 0 Å². The van der Waals surface area contributed by atoms with E-state index in [0.29, 0.717) is 6.54 Å². The molecule has 1 fully saturated rings. The largest absolute Gasteiger partial charge is 0.393 e. The summed E-state index contributed by atoms with van der Waals surface area (Å²) in [7, 11) is 4.03. The van der Waals surface area contributed by atoms with Crippen LogP contribution < -0.4 is 10.6 Å². The lowest BCUT2D eigenvalue weighted by molar-refractivity contribution is 0.117. The fraction of sp³-hybridized carbons (Fsp3) is 0.588. The number of aliphatic hydroxyl groups excluding tert-OH is 1. The van der Waals surface area contributed by atoms with Crippen LogP contribution in [0.3, 0.4) is 0 Å². The molecule has 2 amide bonds. The van der Waals surface area contributed by atoms with E-state index in [-0.39, 0.29) is 24.2 Å². The van der Waals surface area contributed by atoms with E-state index in [1.807, 2.05) is 32.3 Å². The van der Waals surface area contributed by atoms with Crippen molar-refractivity contribution in [2.45, 2.75) is 43.9 Å². The molecule has 0 aromatic heterocycles. The first-order valence-electron chi connectivity index (χ1n) is 8.00. The van der Waals surface area contributed by atoms with Gasteiger partial charge in [0.1, 0.15) is 0 Å². The zero-order valence-electron chi connectivity index (χ0n) is 13.5. The van der Waals surface area contributed by atoms with E-state index in [4.69, 9.17) is 0 Å². The third-order valence-electron chi connectivity index (χ3n) is 4.30. The number of hydrogen-bond acceptors (Lipinski definition) is 3. The molecular formula is C17H27N3O2. The zero-order chi connectivity index (χ0) is 15.9. The van der Waals surface area contributed by atoms with Crippen LogP contribution >= 0.6 is 0 Å². The van der Waals surface area contributed by atoms with Crippen molar-refractivity contribution >= 4 is 6.03 Å². The number of amides is 2. The molecule has 1 saturated carbocycles. The Morgan fingerprint density at radius 2 is 1.86 bits per heavy atom. The van der Waals surface area contributed by atoms with Crippen LogP contribution in [0.25, 0.3) is 0 Å². The Morgan fingerprint density at radius 1 is 1.23 bits per heavy atom. The van der Waals surface area contributed by atoms with Crippen molar-refractivity contribution in [3.63, 3.8) is 0 Å². The highest BCUT2D eigenvalue weighted by Gasteiger charge is 2.21. The molecule has 0 aliphatic heterocycles. The lowest BCUT2D eigenvalue weighted by Gasteiger charge is -2.28. The van der Waals surface area contributed by atoms with E-state index >= 15 is 0 Å². The summed E-state index contributed by atoms with van der Waals surface area (Å²) in [6, 6.07) is 10.4. The number of nitrogens with one attached hydrogen (secondary N) is 2. The lowest BCUT2D eigenvalue weighted by Crippen LogP contribution is -2.46. The van der Waals surface area contributed by atoms with Gasteiger partial charge < -0.3 is 20.6 Å². The van der Waals surface area contributed by atoms with Gasteiger partial charge in [0.05, 0.1) is 12.1 Å². The summed E-state index contributed by atoms with van der Waals surface area (Å²) < 4.78 is 0. The molecule has 3 N–H and O–H groups in total. The van der Waals surface area contributed by atoms with Gasteiger partial charge in [-0.15, -0.1) is 0 Å². The summed E-state index contributed by atoms with van der Waals surface area (Å²) in [6.45, 7) is 0.568. The monoisotopic (exact) mass is 305 g/mol. The number of benzene rings is 1. The molecule has 5 nitrogen and oxygen atoms in total. The predicted molar refractivity (Wildman–Crippen MR) is 87.7 cm³/mol. The van der Waals surface area contributed by atoms with E-state index in [1.165, 1.54) is 5.56 Å². The number of urea groups is 1. The van der Waals surface area contributed by atoms with Crippen LogP contribution in [0.4, 0.5) is 4.79 Å². The molecule has 2 rings (SSSR count). The number of rotatable bonds is 5. The maximum atomic E-state index is 12.0. The quantitative estimate of drug-likeness (QED) is 0.778. The van der Waals surface area contributed by atoms with Crippen molar-refractivity contribution in [2.24, 2.45) is 0 Å². The van der Waals surface area contributed by atoms with Crippen LogP contribution in [-0.2, 0) is 0 Å². The first kappa shape index (κ1) is 16.8. The van der Waals surface area contributed by atoms with Crippen molar-refractivity contribution in [2.75, 3.05) is 20.6 Å². The Hall–Kier alpha value is -1.59. The Morgan fingerprint density at radius 3 is 2.45 bits per heavy atom. The molecular weight excluding hydrogens is 278 g/mol. The average Bonchev–Trinajstić information content (AvgIpc) is 2.50. The maximum absolute atomic E-state index is 12.0. The van der Waals surface area contributed by atoms with Gasteiger partial charge in [0, 0.05) is 12.6 Å². The van der Waals surface area contributed by atoms with E-state index in [2.05, 4.69) is 27.7 Å². The van der Waals surface area contributed by atoms with Gasteiger partial charge in [-0.1, -0.05) is 30.3 Å². The molecule has 5 heteroatoms. The highest BCUT2D eigenvalue weighted by Crippen LogP contribution is 2.19. The molecule has 22 heavy (non-hydrogen) atoms. The maximum Gasteiger partial charge on any atom is 0.315 e. The zero-order valence-corrected chi connectivity index (χ0v) is 13.5. The van der Waals surface area contributed by atoms with Gasteiger partial charge in [-0.2, -0.15) is 0 Å². The summed E-state index contributed by atoms with van der Waals surface area (Å²) in [5.41, 5.74) is 1.19. The molecule has 1 unspecified atom stereocenters. The van der Waals surface area contributed by atoms with Crippen LogP contribution in [0.2, 0.25) is 0 Å². The van der Waals surface area contributed by atoms with Crippen LogP contribution in [0.15, 0.2) is 30.3 Å². The highest BCUT2D eigenvalue weighted by molar-refractivity contribution is 5.74. The standard InChI is InChI=1S/C17H27N3O2/c1-20(2)16(13-6-4-3-5-7-13)12-18-17(22)19-14-8-10-15(21)11-9-14/h3-7,14-16,21H,8-12H2,1-2H3,(H2,18,19,22). The second-order valence-corrected chi connectivity index (χ2v) is 6.25. The van der Waals surface area contributed by atoms with Gasteiger partial charge in [-0.25, -0.2) is 4.79 Å². The van der Waals surface area contributed by atoms with E-state index < -0.39 is 0 Å². The Balaban J connectivity index is 1.81. The number of likely N-dealkylation sites (N-methyl/N-ethyl adjacent to an activating group) is 1. The number of nitrogens with zero attached hydrogens (tertiary/aromatic N) is 1. The fourth-order valence-electron chi connectivity index (χ4n) is 2.92. The van der Waals surface area contributed by atoms with Gasteiger partial charge in [-0.3, -0.25) is 0 Å². The Bertz CT molecular complexity index is 456. The van der Waals surface area contributed by atoms with Gasteiger partial charge in [0.15, 0.2) is 0 Å². The molecule has 122 valence electrons. The number of carbonyl (C=O) groups is 1. The molecule has 0 saturated heterocycles. The van der Waals surface area contributed by atoms with Crippen molar-refractivity contribution in [3.8, 4) is 0 Å². The summed E-state index contributed by atoms with van der Waals surface area (Å²) in [5.74, 6) is 0. The molecule has 1 aliphatic carbocycles. The predicted octanol–water partition coefficient (Wildman–Crippen LogP) is 1.89. The van der Waals surface area contributed by atoms with Gasteiger partial charge in [0.2, 0.25) is 0 Å². The first-order valence-corrected chi connectivity index (χ1v) is 8.00. The van der Waals surface area contributed by atoms with Crippen LogP contribution in [-0.4, -0.2) is 48.8 Å². The minimum atomic E-state index is -0.197. The summed E-state index contributed by atoms with van der Waals surface area (Å²) >= 11 is 0. The fourth-order valence-corrected chi connectivity index (χ4v) is 2.92. The topological polar surface area (TPSA) is 64.6 Å². The molecule has 0 heterocycles. The molecule has 1 aliphatic rings. The highest BCUT2D eigenvalue weighted by atomic mass is 16.3. The summed E-state index contributed by atoms with van der Waals surface area (Å²) in [6.07, 6.45) is 3.05. The third kappa shape index (κ3) is 5.00. The second kappa shape index (κ2) is 8.15. The first-order chi connectivity index (χ1) is 10.6. The molecule has 1 aromatic carbocycles. The average molecular weight is 305 g/mol. The van der Waals surface area contributed by atoms with E-state index in [9.17, 15) is 9.90 Å². The van der Waals surface area contributed by atoms with Crippen LogP contribution in [0.1, 0.15) is 37.3 Å². The van der Waals surface area contributed by atoms with Gasteiger partial charge >= 0.3 is 6.03 Å². The third-order valence-corrected chi connectivity index (χ3v) is 4.30. The minimum absolute atomic E-state index is 0.121. The molecule has 1 aromatic rings. The number of aliphatic hydroxyl groups is 1. The molecule has 0 bridgehead atoms. The van der Waals surface area contributed by atoms with Crippen LogP contribution in [0, 0.1) is 0 Å². The second-order valence-electron chi connectivity index (χ2n) is 6.25. The minimum Gasteiger partial charge on any atom is -0.393 e. The van der Waals surface area contributed by atoms with Crippen molar-refractivity contribution in [3.05, 3.63) is 35.9 Å². The normalized spacial score (nSPS) is 23.1. The summed E-state index contributed by atoms with van der Waals surface area (Å²) in [4.78, 5) is 14.2. The molecule has 0 radical (unpaired) electrons. The number of hydrogen-bond donors (Lipinski definition) is 3. The van der Waals surface area contributed by atoms with Crippen molar-refractivity contribution < 1.29 is 9.90 Å². The molecule has 1 atom stereocenters. The van der Waals surface area contributed by atoms with E-state index in [0.717, 1.165) is 25.7 Å². The summed E-state index contributed by atoms with van der Waals surface area (Å²) in [5, 5.41) is 15.5. The Kier molecular flexibility index (Phi) is 6.21. The van der Waals surface area contributed by atoms with Crippen molar-refractivity contribution in [1.82, 2.24) is 15.5 Å². The Labute approximate surface area is 132 Å². The SMILES string of the molecule is CN(C)C(CNC(=O)NC1CCC(O)CC1)c1ccccc1. The lowest BCUT2D eigenvalue weighted by atomic mass is 9.93. The smallest absolute Gasteiger partial charge is 0.315 e. The number of carbonyl (C=O) groups excluding carboxylic acids is 1.